The fourth-order valence-corrected chi connectivity index (χ4v) is 2.93. The number of halogens is 1. The van der Waals surface area contributed by atoms with Crippen molar-refractivity contribution >= 4 is 16.9 Å². The van der Waals surface area contributed by atoms with E-state index in [0.29, 0.717) is 18.0 Å². The van der Waals surface area contributed by atoms with Gasteiger partial charge in [-0.15, -0.1) is 0 Å². The smallest absolute Gasteiger partial charge is 0.341 e. The number of hydrogen-bond acceptors (Lipinski definition) is 3. The second-order valence-corrected chi connectivity index (χ2v) is 5.92. The van der Waals surface area contributed by atoms with E-state index in [9.17, 15) is 19.1 Å². The van der Waals surface area contributed by atoms with Crippen LogP contribution in [0.25, 0.3) is 10.9 Å². The average molecular weight is 314 g/mol. The lowest BCUT2D eigenvalue weighted by atomic mass is 9.85. The molecule has 0 saturated heterocycles. The summed E-state index contributed by atoms with van der Waals surface area (Å²) in [5.74, 6) is -1.54. The third kappa shape index (κ3) is 2.70. The summed E-state index contributed by atoms with van der Waals surface area (Å²) in [4.78, 5) is 23.6. The molecule has 1 aromatic carbocycles. The Labute approximate surface area is 131 Å². The van der Waals surface area contributed by atoms with Crippen LogP contribution in [0, 0.1) is 23.1 Å². The van der Waals surface area contributed by atoms with E-state index in [4.69, 9.17) is 5.26 Å². The molecule has 6 heteroatoms. The van der Waals surface area contributed by atoms with E-state index in [2.05, 4.69) is 0 Å². The summed E-state index contributed by atoms with van der Waals surface area (Å²) in [6.07, 6.45) is 4.49. The van der Waals surface area contributed by atoms with Gasteiger partial charge in [-0.1, -0.05) is 6.42 Å². The van der Waals surface area contributed by atoms with Crippen molar-refractivity contribution in [2.24, 2.45) is 5.92 Å². The molecule has 1 N–H and O–H groups in total. The Morgan fingerprint density at radius 1 is 1.43 bits per heavy atom. The molecule has 1 saturated carbocycles. The van der Waals surface area contributed by atoms with Crippen molar-refractivity contribution in [1.29, 1.82) is 5.26 Å². The lowest BCUT2D eigenvalue weighted by Crippen LogP contribution is -2.23. The van der Waals surface area contributed by atoms with Crippen LogP contribution < -0.4 is 5.43 Å². The number of carboxylic acid groups (broad SMARTS) is 1. The number of benzene rings is 1. The van der Waals surface area contributed by atoms with E-state index >= 15 is 0 Å². The number of aromatic carboxylic acids is 1. The molecular weight excluding hydrogens is 299 g/mol. The van der Waals surface area contributed by atoms with Crippen LogP contribution in [-0.2, 0) is 13.0 Å². The van der Waals surface area contributed by atoms with Crippen LogP contribution in [0.2, 0.25) is 0 Å². The molecule has 5 nitrogen and oxygen atoms in total. The summed E-state index contributed by atoms with van der Waals surface area (Å²) < 4.78 is 15.8. The Hall–Kier alpha value is -2.68. The van der Waals surface area contributed by atoms with E-state index < -0.39 is 17.2 Å². The van der Waals surface area contributed by atoms with Gasteiger partial charge in [0.25, 0.3) is 0 Å². The molecule has 0 atom stereocenters. The minimum atomic E-state index is -1.32. The van der Waals surface area contributed by atoms with Crippen molar-refractivity contribution in [2.75, 3.05) is 0 Å². The van der Waals surface area contributed by atoms with E-state index in [0.717, 1.165) is 25.3 Å². The zero-order valence-electron chi connectivity index (χ0n) is 12.4. The van der Waals surface area contributed by atoms with Gasteiger partial charge in [-0.25, -0.2) is 9.18 Å². The predicted molar refractivity (Wildman–Crippen MR) is 81.8 cm³/mol. The molecular formula is C17H15FN2O3. The highest BCUT2D eigenvalue weighted by molar-refractivity contribution is 5.92. The maximum absolute atomic E-state index is 14.0. The van der Waals surface area contributed by atoms with E-state index in [1.54, 1.807) is 4.57 Å². The fraction of sp³-hybridized carbons (Fsp3) is 0.353. The Bertz CT molecular complexity index is 891. The number of pyridine rings is 1. The Kier molecular flexibility index (Phi) is 3.87. The zero-order chi connectivity index (χ0) is 16.6. The molecule has 0 amide bonds. The number of carbonyl (C=O) groups is 1. The first-order valence-corrected chi connectivity index (χ1v) is 7.47. The van der Waals surface area contributed by atoms with Crippen molar-refractivity contribution in [3.8, 4) is 6.07 Å². The van der Waals surface area contributed by atoms with Gasteiger partial charge in [-0.2, -0.15) is 5.26 Å². The molecule has 0 unspecified atom stereocenters. The lowest BCUT2D eigenvalue weighted by Gasteiger charge is -2.27. The molecule has 1 heterocycles. The number of hydrogen-bond donors (Lipinski definition) is 1. The molecule has 2 aromatic rings. The number of aromatic nitrogens is 1. The standard InChI is InChI=1S/C17H15FN2O3/c18-14-7-12-15(6-11(14)4-5-19)20(8-10-2-1-3-10)9-13(16(12)21)17(22)23/h6-7,9-10H,1-4,8H2,(H,22,23). The maximum Gasteiger partial charge on any atom is 0.341 e. The number of rotatable bonds is 4. The zero-order valence-corrected chi connectivity index (χ0v) is 12.4. The van der Waals surface area contributed by atoms with E-state index in [-0.39, 0.29) is 22.9 Å². The topological polar surface area (TPSA) is 83.1 Å². The first-order chi connectivity index (χ1) is 11.0. The number of nitriles is 1. The summed E-state index contributed by atoms with van der Waals surface area (Å²) in [5.41, 5.74) is -0.354. The van der Waals surface area contributed by atoms with Crippen LogP contribution in [-0.4, -0.2) is 15.6 Å². The number of carboxylic acids is 1. The normalized spacial score (nSPS) is 14.4. The van der Waals surface area contributed by atoms with Gasteiger partial charge in [0.1, 0.15) is 11.4 Å². The van der Waals surface area contributed by atoms with Crippen LogP contribution in [0.1, 0.15) is 35.2 Å². The molecule has 0 radical (unpaired) electrons. The minimum absolute atomic E-state index is 0.0448. The van der Waals surface area contributed by atoms with E-state index in [1.807, 2.05) is 6.07 Å². The third-order valence-corrected chi connectivity index (χ3v) is 4.43. The van der Waals surface area contributed by atoms with Gasteiger partial charge < -0.3 is 9.67 Å². The Morgan fingerprint density at radius 2 is 2.17 bits per heavy atom. The van der Waals surface area contributed by atoms with Gasteiger partial charge >= 0.3 is 5.97 Å². The molecule has 0 bridgehead atoms. The molecule has 1 aliphatic carbocycles. The summed E-state index contributed by atoms with van der Waals surface area (Å²) in [7, 11) is 0. The second kappa shape index (κ2) is 5.84. The predicted octanol–water partition coefficient (Wildman–Crippen LogP) is 2.70. The monoisotopic (exact) mass is 314 g/mol. The summed E-state index contributed by atoms with van der Waals surface area (Å²) in [6.45, 7) is 0.592. The molecule has 3 rings (SSSR count). The van der Waals surface area contributed by atoms with Gasteiger partial charge in [0.05, 0.1) is 18.0 Å². The van der Waals surface area contributed by atoms with Crippen molar-refractivity contribution in [3.05, 3.63) is 45.5 Å². The number of fused-ring (bicyclic) bond motifs is 1. The van der Waals surface area contributed by atoms with Gasteiger partial charge in [0, 0.05) is 23.7 Å². The number of nitrogens with zero attached hydrogens (tertiary/aromatic N) is 2. The molecule has 0 aliphatic heterocycles. The van der Waals surface area contributed by atoms with Crippen molar-refractivity contribution in [3.63, 3.8) is 0 Å². The highest BCUT2D eigenvalue weighted by Crippen LogP contribution is 2.29. The third-order valence-electron chi connectivity index (χ3n) is 4.43. The summed E-state index contributed by atoms with van der Waals surface area (Å²) in [6, 6.07) is 4.43. The molecule has 23 heavy (non-hydrogen) atoms. The van der Waals surface area contributed by atoms with Gasteiger partial charge in [0.2, 0.25) is 5.43 Å². The molecule has 1 aromatic heterocycles. The molecule has 118 valence electrons. The fourth-order valence-electron chi connectivity index (χ4n) is 2.93. The van der Waals surface area contributed by atoms with Gasteiger partial charge in [0.15, 0.2) is 0 Å². The van der Waals surface area contributed by atoms with Gasteiger partial charge in [-0.3, -0.25) is 4.79 Å². The minimum Gasteiger partial charge on any atom is -0.477 e. The van der Waals surface area contributed by atoms with Crippen LogP contribution in [0.5, 0.6) is 0 Å². The lowest BCUT2D eigenvalue weighted by molar-refractivity contribution is 0.0694. The SMILES string of the molecule is N#CCc1cc2c(cc1F)c(=O)c(C(=O)O)cn2CC1CCC1. The van der Waals surface area contributed by atoms with Gasteiger partial charge in [-0.05, 0) is 30.9 Å². The second-order valence-electron chi connectivity index (χ2n) is 5.92. The van der Waals surface area contributed by atoms with Crippen molar-refractivity contribution in [2.45, 2.75) is 32.2 Å². The quantitative estimate of drug-likeness (QED) is 0.940. The van der Waals surface area contributed by atoms with Crippen LogP contribution in [0.15, 0.2) is 23.1 Å². The molecule has 1 fully saturated rings. The largest absolute Gasteiger partial charge is 0.477 e. The average Bonchev–Trinajstić information content (AvgIpc) is 2.46. The maximum atomic E-state index is 14.0. The first kappa shape index (κ1) is 15.2. The van der Waals surface area contributed by atoms with Crippen LogP contribution in [0.3, 0.4) is 0 Å². The van der Waals surface area contributed by atoms with Crippen LogP contribution in [0.4, 0.5) is 4.39 Å². The van der Waals surface area contributed by atoms with Crippen molar-refractivity contribution in [1.82, 2.24) is 4.57 Å². The summed E-state index contributed by atoms with van der Waals surface area (Å²) >= 11 is 0. The first-order valence-electron chi connectivity index (χ1n) is 7.47. The highest BCUT2D eigenvalue weighted by atomic mass is 19.1. The summed E-state index contributed by atoms with van der Waals surface area (Å²) in [5, 5.41) is 18.0. The highest BCUT2D eigenvalue weighted by Gasteiger charge is 2.21. The van der Waals surface area contributed by atoms with Crippen LogP contribution >= 0.6 is 0 Å². The molecule has 1 aliphatic rings. The Morgan fingerprint density at radius 3 is 2.74 bits per heavy atom. The Balaban J connectivity index is 2.26. The van der Waals surface area contributed by atoms with E-state index in [1.165, 1.54) is 12.3 Å². The van der Waals surface area contributed by atoms with Crippen molar-refractivity contribution < 1.29 is 14.3 Å². The molecule has 0 spiro atoms.